The van der Waals surface area contributed by atoms with Crippen LogP contribution >= 0.6 is 0 Å². The topological polar surface area (TPSA) is 64.4 Å². The lowest BCUT2D eigenvalue weighted by molar-refractivity contribution is -0.384. The molecule has 0 saturated carbocycles. The first-order valence-electron chi connectivity index (χ1n) is 5.19. The molecule has 1 aromatic rings. The van der Waals surface area contributed by atoms with E-state index in [2.05, 4.69) is 5.32 Å². The summed E-state index contributed by atoms with van der Waals surface area (Å²) in [4.78, 5) is 10.0. The maximum Gasteiger partial charge on any atom is 0.269 e. The monoisotopic (exact) mass is 224 g/mol. The summed E-state index contributed by atoms with van der Waals surface area (Å²) in [5.41, 5.74) is 0.960. The molecule has 0 spiro atoms. The van der Waals surface area contributed by atoms with Crippen LogP contribution in [0, 0.1) is 10.1 Å². The molecule has 0 aliphatic heterocycles. The molecular formula is C11H16N2O3. The maximum atomic E-state index is 10.4. The van der Waals surface area contributed by atoms with Crippen molar-refractivity contribution < 1.29 is 9.66 Å². The van der Waals surface area contributed by atoms with Crippen LogP contribution in [-0.2, 0) is 4.74 Å². The quantitative estimate of drug-likeness (QED) is 0.458. The van der Waals surface area contributed by atoms with Gasteiger partial charge in [-0.15, -0.1) is 0 Å². The Bertz CT molecular complexity index is 336. The van der Waals surface area contributed by atoms with Crippen molar-refractivity contribution in [1.82, 2.24) is 0 Å². The molecule has 0 atom stereocenters. The van der Waals surface area contributed by atoms with Gasteiger partial charge in [0.15, 0.2) is 0 Å². The molecule has 0 aliphatic carbocycles. The van der Waals surface area contributed by atoms with Crippen molar-refractivity contribution in [1.29, 1.82) is 0 Å². The largest absolute Gasteiger partial charge is 0.383 e. The molecule has 0 bridgehead atoms. The van der Waals surface area contributed by atoms with E-state index in [9.17, 15) is 10.1 Å². The fourth-order valence-electron chi connectivity index (χ4n) is 1.19. The van der Waals surface area contributed by atoms with E-state index in [1.54, 1.807) is 12.1 Å². The predicted molar refractivity (Wildman–Crippen MR) is 62.7 cm³/mol. The number of hydrogen-bond acceptors (Lipinski definition) is 4. The number of non-ortho nitro benzene ring substituents is 1. The standard InChI is InChI=1S/C11H16N2O3/c1-9(2)16-8-7-12-10-3-5-11(6-4-10)13(14)15/h3-6,9,12H,7-8H2,1-2H3. The first kappa shape index (κ1) is 12.4. The van der Waals surface area contributed by atoms with E-state index in [4.69, 9.17) is 4.74 Å². The van der Waals surface area contributed by atoms with Crippen LogP contribution in [0.4, 0.5) is 11.4 Å². The van der Waals surface area contributed by atoms with Gasteiger partial charge in [-0.3, -0.25) is 10.1 Å². The van der Waals surface area contributed by atoms with E-state index in [0.29, 0.717) is 13.2 Å². The van der Waals surface area contributed by atoms with Gasteiger partial charge in [-0.2, -0.15) is 0 Å². The molecule has 0 saturated heterocycles. The molecule has 0 radical (unpaired) electrons. The van der Waals surface area contributed by atoms with E-state index in [1.165, 1.54) is 12.1 Å². The van der Waals surface area contributed by atoms with Gasteiger partial charge in [0.25, 0.3) is 5.69 Å². The van der Waals surface area contributed by atoms with E-state index in [0.717, 1.165) is 5.69 Å². The first-order valence-corrected chi connectivity index (χ1v) is 5.19. The SMILES string of the molecule is CC(C)OCCNc1ccc([N+](=O)[O-])cc1. The third kappa shape index (κ3) is 4.27. The van der Waals surface area contributed by atoms with Gasteiger partial charge in [0, 0.05) is 24.4 Å². The fourth-order valence-corrected chi connectivity index (χ4v) is 1.19. The maximum absolute atomic E-state index is 10.4. The normalized spacial score (nSPS) is 10.4. The van der Waals surface area contributed by atoms with E-state index >= 15 is 0 Å². The zero-order chi connectivity index (χ0) is 12.0. The zero-order valence-electron chi connectivity index (χ0n) is 9.47. The summed E-state index contributed by atoms with van der Waals surface area (Å²) in [6, 6.07) is 6.33. The van der Waals surface area contributed by atoms with E-state index in [1.807, 2.05) is 13.8 Å². The molecule has 16 heavy (non-hydrogen) atoms. The third-order valence-electron chi connectivity index (χ3n) is 1.96. The Labute approximate surface area is 94.6 Å². The molecule has 1 N–H and O–H groups in total. The van der Waals surface area contributed by atoms with Crippen molar-refractivity contribution in [3.05, 3.63) is 34.4 Å². The summed E-state index contributed by atoms with van der Waals surface area (Å²) in [7, 11) is 0. The van der Waals surface area contributed by atoms with Crippen molar-refractivity contribution in [3.63, 3.8) is 0 Å². The molecule has 88 valence electrons. The fraction of sp³-hybridized carbons (Fsp3) is 0.455. The van der Waals surface area contributed by atoms with E-state index < -0.39 is 4.92 Å². The molecule has 0 heterocycles. The van der Waals surface area contributed by atoms with Gasteiger partial charge in [0.1, 0.15) is 0 Å². The Morgan fingerprint density at radius 3 is 2.50 bits per heavy atom. The average molecular weight is 224 g/mol. The van der Waals surface area contributed by atoms with Crippen molar-refractivity contribution in [2.24, 2.45) is 0 Å². The molecule has 0 aliphatic rings. The number of anilines is 1. The Morgan fingerprint density at radius 1 is 1.38 bits per heavy atom. The minimum absolute atomic E-state index is 0.101. The Balaban J connectivity index is 2.35. The van der Waals surface area contributed by atoms with Crippen LogP contribution in [0.1, 0.15) is 13.8 Å². The second-order valence-electron chi connectivity index (χ2n) is 3.65. The third-order valence-corrected chi connectivity index (χ3v) is 1.96. The van der Waals surface area contributed by atoms with Gasteiger partial charge in [-0.05, 0) is 26.0 Å². The molecule has 0 fully saturated rings. The van der Waals surface area contributed by atoms with E-state index in [-0.39, 0.29) is 11.8 Å². The van der Waals surface area contributed by atoms with Crippen LogP contribution < -0.4 is 5.32 Å². The minimum Gasteiger partial charge on any atom is -0.383 e. The molecular weight excluding hydrogens is 208 g/mol. The number of nitro benzene ring substituents is 1. The van der Waals surface area contributed by atoms with Gasteiger partial charge >= 0.3 is 0 Å². The van der Waals surface area contributed by atoms with Crippen LogP contribution in [0.15, 0.2) is 24.3 Å². The number of hydrogen-bond donors (Lipinski definition) is 1. The number of rotatable bonds is 6. The summed E-state index contributed by atoms with van der Waals surface area (Å²) in [6.07, 6.45) is 0.221. The number of nitrogens with zero attached hydrogens (tertiary/aromatic N) is 1. The molecule has 0 amide bonds. The lowest BCUT2D eigenvalue weighted by atomic mass is 10.3. The van der Waals surface area contributed by atoms with Crippen LogP contribution in [0.2, 0.25) is 0 Å². The second-order valence-corrected chi connectivity index (χ2v) is 3.65. The highest BCUT2D eigenvalue weighted by Crippen LogP contribution is 2.14. The lowest BCUT2D eigenvalue weighted by Gasteiger charge is -2.09. The summed E-state index contributed by atoms with van der Waals surface area (Å²) in [6.45, 7) is 5.27. The highest BCUT2D eigenvalue weighted by Gasteiger charge is 2.03. The van der Waals surface area contributed by atoms with Gasteiger partial charge in [-0.1, -0.05) is 0 Å². The van der Waals surface area contributed by atoms with Crippen LogP contribution in [0.3, 0.4) is 0 Å². The lowest BCUT2D eigenvalue weighted by Crippen LogP contribution is -2.13. The molecule has 1 rings (SSSR count). The second kappa shape index (κ2) is 6.07. The first-order chi connectivity index (χ1) is 7.59. The Morgan fingerprint density at radius 2 is 2.00 bits per heavy atom. The smallest absolute Gasteiger partial charge is 0.269 e. The van der Waals surface area contributed by atoms with Crippen LogP contribution in [0.5, 0.6) is 0 Å². The molecule has 0 aromatic heterocycles. The van der Waals surface area contributed by atoms with Gasteiger partial charge in [-0.25, -0.2) is 0 Å². The predicted octanol–water partition coefficient (Wildman–Crippen LogP) is 2.43. The van der Waals surface area contributed by atoms with Crippen LogP contribution in [0.25, 0.3) is 0 Å². The van der Waals surface area contributed by atoms with Crippen molar-refractivity contribution >= 4 is 11.4 Å². The van der Waals surface area contributed by atoms with Crippen molar-refractivity contribution in [2.45, 2.75) is 20.0 Å². The average Bonchev–Trinajstić information content (AvgIpc) is 2.25. The molecule has 0 unspecified atom stereocenters. The number of benzene rings is 1. The summed E-state index contributed by atoms with van der Waals surface area (Å²) in [5.74, 6) is 0. The highest BCUT2D eigenvalue weighted by atomic mass is 16.6. The van der Waals surface area contributed by atoms with Gasteiger partial charge in [0.05, 0.1) is 17.6 Å². The molecule has 5 heteroatoms. The summed E-state index contributed by atoms with van der Waals surface area (Å²) < 4.78 is 5.35. The highest BCUT2D eigenvalue weighted by molar-refractivity contribution is 5.48. The number of nitro groups is 1. The van der Waals surface area contributed by atoms with Crippen LogP contribution in [-0.4, -0.2) is 24.2 Å². The Kier molecular flexibility index (Phi) is 4.72. The van der Waals surface area contributed by atoms with Gasteiger partial charge in [0.2, 0.25) is 0 Å². The number of ether oxygens (including phenoxy) is 1. The molecule has 1 aromatic carbocycles. The Hall–Kier alpha value is -1.62. The summed E-state index contributed by atoms with van der Waals surface area (Å²) in [5, 5.41) is 13.5. The number of nitrogens with one attached hydrogen (secondary N) is 1. The zero-order valence-corrected chi connectivity index (χ0v) is 9.47. The van der Waals surface area contributed by atoms with Crippen molar-refractivity contribution in [2.75, 3.05) is 18.5 Å². The molecule has 5 nitrogen and oxygen atoms in total. The summed E-state index contributed by atoms with van der Waals surface area (Å²) >= 11 is 0. The van der Waals surface area contributed by atoms with Gasteiger partial charge < -0.3 is 10.1 Å². The minimum atomic E-state index is -0.411. The van der Waals surface area contributed by atoms with Crippen molar-refractivity contribution in [3.8, 4) is 0 Å².